The predicted octanol–water partition coefficient (Wildman–Crippen LogP) is 7.62. The first-order valence-corrected chi connectivity index (χ1v) is 14.7. The molecule has 4 rings (SSSR count). The molecule has 40 heavy (non-hydrogen) atoms. The average molecular weight is 560 g/mol. The summed E-state index contributed by atoms with van der Waals surface area (Å²) in [5, 5.41) is 0.906. The van der Waals surface area contributed by atoms with Crippen LogP contribution in [0, 0.1) is 0 Å². The summed E-state index contributed by atoms with van der Waals surface area (Å²) in [6, 6.07) is 22.0. The number of benzene rings is 3. The minimum Gasteiger partial charge on any atom is -0.489 e. The van der Waals surface area contributed by atoms with Gasteiger partial charge in [-0.25, -0.2) is 4.21 Å². The van der Waals surface area contributed by atoms with Gasteiger partial charge in [-0.15, -0.1) is 0 Å². The molecule has 1 atom stereocenters. The van der Waals surface area contributed by atoms with E-state index in [9.17, 15) is 9.00 Å². The van der Waals surface area contributed by atoms with E-state index in [1.54, 1.807) is 6.92 Å². The zero-order chi connectivity index (χ0) is 28.9. The number of rotatable bonds is 10. The summed E-state index contributed by atoms with van der Waals surface area (Å²) < 4.78 is 34.3. The molecule has 1 heterocycles. The molecule has 0 aliphatic carbocycles. The van der Waals surface area contributed by atoms with Crippen LogP contribution >= 0.6 is 0 Å². The fourth-order valence-corrected chi connectivity index (χ4v) is 4.89. The second kappa shape index (κ2) is 12.6. The highest BCUT2D eigenvalue weighted by Gasteiger charge is 2.21. The number of nitrogens with zero attached hydrogens (tertiary/aromatic N) is 1. The molecule has 0 amide bonds. The number of aryl methyl sites for hydroxylation is 1. The van der Waals surface area contributed by atoms with E-state index in [1.807, 2.05) is 64.1 Å². The number of fused-ring (bicyclic) bond motifs is 1. The lowest BCUT2D eigenvalue weighted by Gasteiger charge is -2.13. The van der Waals surface area contributed by atoms with E-state index >= 15 is 0 Å². The molecule has 0 radical (unpaired) electrons. The summed E-state index contributed by atoms with van der Waals surface area (Å²) in [6.07, 6.45) is 1.07. The fourth-order valence-electron chi connectivity index (χ4n) is 4.28. The molecule has 210 valence electrons. The SMILES string of the molecule is CCOC(=O)Cc1ccccc1OCc1cc(-c2cccc(CC)c2)c2oc(C(C)=N[S@](=O)C(C)(C)C)cc2c1. The largest absolute Gasteiger partial charge is 0.489 e. The van der Waals surface area contributed by atoms with Crippen LogP contribution in [0.2, 0.25) is 0 Å². The van der Waals surface area contributed by atoms with Crippen LogP contribution in [0.5, 0.6) is 5.75 Å². The van der Waals surface area contributed by atoms with Crippen molar-refractivity contribution in [1.82, 2.24) is 0 Å². The molecule has 0 bridgehead atoms. The number of carbonyl (C=O) groups excluding carboxylic acids is 1. The van der Waals surface area contributed by atoms with Crippen molar-refractivity contribution in [2.45, 2.75) is 65.7 Å². The van der Waals surface area contributed by atoms with E-state index in [1.165, 1.54) is 5.56 Å². The van der Waals surface area contributed by atoms with Crippen LogP contribution in [-0.2, 0) is 40.0 Å². The molecule has 7 heteroatoms. The smallest absolute Gasteiger partial charge is 0.310 e. The Labute approximate surface area is 239 Å². The molecular weight excluding hydrogens is 522 g/mol. The topological polar surface area (TPSA) is 78.1 Å². The van der Waals surface area contributed by atoms with Crippen molar-refractivity contribution >= 4 is 33.6 Å². The van der Waals surface area contributed by atoms with Crippen LogP contribution in [-0.4, -0.2) is 27.2 Å². The van der Waals surface area contributed by atoms with Crippen LogP contribution in [0.3, 0.4) is 0 Å². The van der Waals surface area contributed by atoms with Gasteiger partial charge in [-0.3, -0.25) is 4.79 Å². The standard InChI is InChI=1S/C33H37NO5S/c1-7-23-12-11-14-25(16-23)28-18-24(21-38-29-15-10-9-13-26(29)20-31(35)37-8-2)17-27-19-30(39-32(27)28)22(3)34-40(36)33(4,5)6/h9-19H,7-8,20-21H2,1-6H3/t40-/m1/s1. The monoisotopic (exact) mass is 559 g/mol. The molecule has 0 unspecified atom stereocenters. The Morgan fingerprint density at radius 1 is 0.975 bits per heavy atom. The summed E-state index contributed by atoms with van der Waals surface area (Å²) in [5.41, 5.74) is 6.28. The quantitative estimate of drug-likeness (QED) is 0.148. The van der Waals surface area contributed by atoms with Crippen molar-refractivity contribution in [1.29, 1.82) is 0 Å². The third kappa shape index (κ3) is 7.07. The molecule has 0 aliphatic rings. The number of hydrogen-bond acceptors (Lipinski definition) is 5. The number of para-hydroxylation sites is 1. The molecule has 3 aromatic carbocycles. The summed E-state index contributed by atoms with van der Waals surface area (Å²) in [7, 11) is -1.40. The number of carbonyl (C=O) groups is 1. The third-order valence-electron chi connectivity index (χ3n) is 6.43. The molecule has 1 aromatic heterocycles. The highest BCUT2D eigenvalue weighted by atomic mass is 32.2. The van der Waals surface area contributed by atoms with Gasteiger partial charge in [0.1, 0.15) is 34.7 Å². The maximum Gasteiger partial charge on any atom is 0.310 e. The molecule has 0 aliphatic heterocycles. The lowest BCUT2D eigenvalue weighted by molar-refractivity contribution is -0.142. The van der Waals surface area contributed by atoms with Crippen molar-refractivity contribution in [3.05, 3.63) is 89.2 Å². The van der Waals surface area contributed by atoms with Crippen LogP contribution in [0.4, 0.5) is 0 Å². The molecular formula is C33H37NO5S. The van der Waals surface area contributed by atoms with Crippen molar-refractivity contribution in [3.8, 4) is 16.9 Å². The summed E-state index contributed by atoms with van der Waals surface area (Å²) >= 11 is 0. The Morgan fingerprint density at radius 3 is 2.48 bits per heavy atom. The zero-order valence-corrected chi connectivity index (χ0v) is 24.9. The summed E-state index contributed by atoms with van der Waals surface area (Å²) in [5.74, 6) is 0.942. The van der Waals surface area contributed by atoms with E-state index in [0.717, 1.165) is 39.6 Å². The fraction of sp³-hybridized carbons (Fsp3) is 0.333. The Balaban J connectivity index is 1.73. The number of hydrogen-bond donors (Lipinski definition) is 0. The minimum absolute atomic E-state index is 0.151. The van der Waals surface area contributed by atoms with Crippen LogP contribution in [0.25, 0.3) is 22.1 Å². The molecule has 4 aromatic rings. The summed E-state index contributed by atoms with van der Waals surface area (Å²) in [6.45, 7) is 12.1. The number of esters is 1. The first kappa shape index (κ1) is 29.3. The van der Waals surface area contributed by atoms with Crippen molar-refractivity contribution in [2.75, 3.05) is 6.61 Å². The van der Waals surface area contributed by atoms with Gasteiger partial charge in [0.2, 0.25) is 0 Å². The van der Waals surface area contributed by atoms with E-state index in [0.29, 0.717) is 30.4 Å². The Bertz CT molecular complexity index is 1560. The van der Waals surface area contributed by atoms with Gasteiger partial charge < -0.3 is 13.9 Å². The Hall–Kier alpha value is -3.71. The van der Waals surface area contributed by atoms with E-state index in [2.05, 4.69) is 41.7 Å². The van der Waals surface area contributed by atoms with Gasteiger partial charge >= 0.3 is 5.97 Å². The Kier molecular flexibility index (Phi) is 9.25. The zero-order valence-electron chi connectivity index (χ0n) is 24.1. The van der Waals surface area contributed by atoms with Crippen LogP contribution in [0.15, 0.2) is 75.5 Å². The van der Waals surface area contributed by atoms with Gasteiger partial charge in [0.25, 0.3) is 0 Å². The second-order valence-corrected chi connectivity index (χ2v) is 12.5. The van der Waals surface area contributed by atoms with Gasteiger partial charge in [-0.2, -0.15) is 4.40 Å². The molecule has 0 spiro atoms. The van der Waals surface area contributed by atoms with E-state index < -0.39 is 15.7 Å². The Morgan fingerprint density at radius 2 is 1.75 bits per heavy atom. The maximum atomic E-state index is 12.7. The first-order chi connectivity index (χ1) is 19.1. The van der Waals surface area contributed by atoms with Gasteiger partial charge in [0, 0.05) is 16.5 Å². The van der Waals surface area contributed by atoms with Crippen LogP contribution in [0.1, 0.15) is 64.0 Å². The highest BCUT2D eigenvalue weighted by Crippen LogP contribution is 2.34. The van der Waals surface area contributed by atoms with Crippen LogP contribution < -0.4 is 4.74 Å². The summed E-state index contributed by atoms with van der Waals surface area (Å²) in [4.78, 5) is 12.1. The van der Waals surface area contributed by atoms with Gasteiger partial charge in [-0.05, 0) is 82.0 Å². The van der Waals surface area contributed by atoms with Gasteiger partial charge in [0.15, 0.2) is 0 Å². The normalized spacial score (nSPS) is 12.9. The molecule has 6 nitrogen and oxygen atoms in total. The molecule has 0 saturated carbocycles. The molecule has 0 fully saturated rings. The number of ether oxygens (including phenoxy) is 2. The van der Waals surface area contributed by atoms with Gasteiger partial charge in [0.05, 0.1) is 23.5 Å². The van der Waals surface area contributed by atoms with Gasteiger partial charge in [-0.1, -0.05) is 49.4 Å². The predicted molar refractivity (Wildman–Crippen MR) is 162 cm³/mol. The third-order valence-corrected chi connectivity index (χ3v) is 7.92. The minimum atomic E-state index is -1.40. The molecule has 0 N–H and O–H groups in total. The molecule has 0 saturated heterocycles. The first-order valence-electron chi connectivity index (χ1n) is 13.6. The number of furan rings is 1. The maximum absolute atomic E-state index is 12.7. The van der Waals surface area contributed by atoms with Crippen molar-refractivity contribution in [2.24, 2.45) is 4.40 Å². The van der Waals surface area contributed by atoms with E-state index in [-0.39, 0.29) is 12.4 Å². The highest BCUT2D eigenvalue weighted by molar-refractivity contribution is 7.85. The van der Waals surface area contributed by atoms with E-state index in [4.69, 9.17) is 13.9 Å². The second-order valence-electron chi connectivity index (χ2n) is 10.6. The van der Waals surface area contributed by atoms with Crippen molar-refractivity contribution in [3.63, 3.8) is 0 Å². The van der Waals surface area contributed by atoms with Crippen molar-refractivity contribution < 1.29 is 22.9 Å². The average Bonchev–Trinajstić information content (AvgIpc) is 3.36. The lowest BCUT2D eigenvalue weighted by atomic mass is 9.98. The lowest BCUT2D eigenvalue weighted by Crippen LogP contribution is -2.20.